The fraction of sp³-hybridized carbons (Fsp3) is 0.950. The van der Waals surface area contributed by atoms with Crippen LogP contribution in [0, 0.1) is 5.92 Å². The fourth-order valence-electron chi connectivity index (χ4n) is 9.28. The van der Waals surface area contributed by atoms with Gasteiger partial charge in [0.05, 0.1) is 0 Å². The Hall–Kier alpha value is -1.59. The lowest BCUT2D eigenvalue weighted by Gasteiger charge is -2.18. The molecule has 6 nitrogen and oxygen atoms in total. The Morgan fingerprint density at radius 1 is 0.288 bits per heavy atom. The molecule has 6 heteroatoms. The minimum absolute atomic E-state index is 0.0616. The van der Waals surface area contributed by atoms with Gasteiger partial charge in [0, 0.05) is 19.3 Å². The van der Waals surface area contributed by atoms with Crippen molar-refractivity contribution in [2.75, 3.05) is 13.2 Å². The molecule has 0 rings (SSSR count). The lowest BCUT2D eigenvalue weighted by molar-refractivity contribution is -0.167. The van der Waals surface area contributed by atoms with Gasteiger partial charge in [-0.3, -0.25) is 14.4 Å². The van der Waals surface area contributed by atoms with Crippen LogP contribution in [-0.4, -0.2) is 37.2 Å². The molecule has 0 radical (unpaired) electrons. The van der Waals surface area contributed by atoms with Gasteiger partial charge in [-0.25, -0.2) is 0 Å². The van der Waals surface area contributed by atoms with Crippen molar-refractivity contribution < 1.29 is 28.6 Å². The summed E-state index contributed by atoms with van der Waals surface area (Å²) in [6.07, 6.45) is 59.5. The van der Waals surface area contributed by atoms with E-state index in [-0.39, 0.29) is 31.1 Å². The van der Waals surface area contributed by atoms with Crippen LogP contribution in [0.25, 0.3) is 0 Å². The van der Waals surface area contributed by atoms with E-state index < -0.39 is 6.10 Å². The molecule has 1 atom stereocenters. The van der Waals surface area contributed by atoms with E-state index in [1.807, 2.05) is 0 Å². The molecule has 0 aromatic carbocycles. The molecule has 0 heterocycles. The Balaban J connectivity index is 4.26. The SMILES string of the molecule is CCCCCCCCCCCCCCCCCCCCC(=O)OC[C@@H](COC(=O)CCCCCCCCCCCCCCCCC(C)C)OC(=O)CCCCCCCCCCCCCCC. The highest BCUT2D eigenvalue weighted by Crippen LogP contribution is 2.18. The van der Waals surface area contributed by atoms with Crippen LogP contribution in [0.1, 0.15) is 342 Å². The fourth-order valence-corrected chi connectivity index (χ4v) is 9.28. The van der Waals surface area contributed by atoms with E-state index in [1.165, 1.54) is 238 Å². The van der Waals surface area contributed by atoms with Crippen LogP contribution in [-0.2, 0) is 28.6 Å². The molecule has 0 unspecified atom stereocenters. The minimum atomic E-state index is -0.762. The lowest BCUT2D eigenvalue weighted by Crippen LogP contribution is -2.30. The number of hydrogen-bond acceptors (Lipinski definition) is 6. The number of carbonyl (C=O) groups is 3. The molecule has 0 aliphatic rings. The number of hydrogen-bond donors (Lipinski definition) is 0. The monoisotopic (exact) mass is 933 g/mol. The van der Waals surface area contributed by atoms with Gasteiger partial charge in [-0.05, 0) is 25.2 Å². The molecule has 0 aliphatic carbocycles. The van der Waals surface area contributed by atoms with Gasteiger partial charge in [-0.1, -0.05) is 304 Å². The summed E-state index contributed by atoms with van der Waals surface area (Å²) < 4.78 is 16.9. The van der Waals surface area contributed by atoms with Gasteiger partial charge >= 0.3 is 17.9 Å². The summed E-state index contributed by atoms with van der Waals surface area (Å²) in [5, 5.41) is 0. The molecular weight excluding hydrogens is 817 g/mol. The van der Waals surface area contributed by atoms with Crippen molar-refractivity contribution in [3.63, 3.8) is 0 Å². The zero-order valence-corrected chi connectivity index (χ0v) is 45.2. The Bertz CT molecular complexity index is 996. The number of esters is 3. The Kier molecular flexibility index (Phi) is 53.0. The average molecular weight is 934 g/mol. The summed E-state index contributed by atoms with van der Waals surface area (Å²) in [4.78, 5) is 38.2. The second kappa shape index (κ2) is 54.4. The number of rotatable bonds is 55. The van der Waals surface area contributed by atoms with E-state index in [0.29, 0.717) is 19.3 Å². The average Bonchev–Trinajstić information content (AvgIpc) is 3.30. The van der Waals surface area contributed by atoms with Gasteiger partial charge in [-0.15, -0.1) is 0 Å². The molecule has 0 bridgehead atoms. The largest absolute Gasteiger partial charge is 0.462 e. The summed E-state index contributed by atoms with van der Waals surface area (Å²) in [5.74, 6) is 0.0120. The van der Waals surface area contributed by atoms with Gasteiger partial charge in [-0.2, -0.15) is 0 Å². The van der Waals surface area contributed by atoms with Gasteiger partial charge in [0.2, 0.25) is 0 Å². The molecule has 0 spiro atoms. The molecule has 0 aromatic rings. The lowest BCUT2D eigenvalue weighted by atomic mass is 10.0. The van der Waals surface area contributed by atoms with E-state index in [4.69, 9.17) is 14.2 Å². The van der Waals surface area contributed by atoms with Crippen molar-refractivity contribution >= 4 is 17.9 Å². The Morgan fingerprint density at radius 2 is 0.500 bits per heavy atom. The predicted octanol–water partition coefficient (Wildman–Crippen LogP) is 19.8. The third kappa shape index (κ3) is 53.4. The molecular formula is C60H116O6. The van der Waals surface area contributed by atoms with Crippen LogP contribution in [0.3, 0.4) is 0 Å². The predicted molar refractivity (Wildman–Crippen MR) is 284 cm³/mol. The first-order chi connectivity index (χ1) is 32.4. The second-order valence-corrected chi connectivity index (χ2v) is 21.1. The zero-order chi connectivity index (χ0) is 48.1. The zero-order valence-electron chi connectivity index (χ0n) is 45.2. The minimum Gasteiger partial charge on any atom is -0.462 e. The van der Waals surface area contributed by atoms with E-state index in [2.05, 4.69) is 27.7 Å². The van der Waals surface area contributed by atoms with E-state index in [1.54, 1.807) is 0 Å². The smallest absolute Gasteiger partial charge is 0.306 e. The third-order valence-electron chi connectivity index (χ3n) is 13.8. The van der Waals surface area contributed by atoms with Crippen LogP contribution in [0.15, 0.2) is 0 Å². The Labute approximate surface area is 412 Å². The standard InChI is InChI=1S/C60H116O6/c1-5-7-9-11-13-15-17-19-20-21-22-23-28-31-35-39-43-47-51-58(61)64-54-57(66-60(63)53-49-45-41-37-33-26-18-16-14-12-10-8-6-2)55-65-59(62)52-48-44-40-36-32-29-25-24-27-30-34-38-42-46-50-56(3)4/h56-57H,5-55H2,1-4H3/t57-/m0/s1. The van der Waals surface area contributed by atoms with Gasteiger partial charge < -0.3 is 14.2 Å². The van der Waals surface area contributed by atoms with E-state index in [9.17, 15) is 14.4 Å². The first kappa shape index (κ1) is 64.4. The van der Waals surface area contributed by atoms with Gasteiger partial charge in [0.25, 0.3) is 0 Å². The summed E-state index contributed by atoms with van der Waals surface area (Å²) in [7, 11) is 0. The molecule has 66 heavy (non-hydrogen) atoms. The van der Waals surface area contributed by atoms with Crippen LogP contribution in [0.2, 0.25) is 0 Å². The number of carbonyl (C=O) groups excluding carboxylic acids is 3. The van der Waals surface area contributed by atoms with Crippen LogP contribution in [0.4, 0.5) is 0 Å². The summed E-state index contributed by atoms with van der Waals surface area (Å²) in [5.41, 5.74) is 0. The molecule has 0 fully saturated rings. The quantitative estimate of drug-likeness (QED) is 0.0343. The van der Waals surface area contributed by atoms with Crippen LogP contribution >= 0.6 is 0 Å². The molecule has 0 aromatic heterocycles. The molecule has 0 saturated heterocycles. The van der Waals surface area contributed by atoms with Crippen molar-refractivity contribution in [3.05, 3.63) is 0 Å². The molecule has 0 aliphatic heterocycles. The number of ether oxygens (including phenoxy) is 3. The van der Waals surface area contributed by atoms with Crippen molar-refractivity contribution in [2.24, 2.45) is 5.92 Å². The maximum Gasteiger partial charge on any atom is 0.306 e. The maximum absolute atomic E-state index is 12.8. The van der Waals surface area contributed by atoms with E-state index in [0.717, 1.165) is 63.7 Å². The van der Waals surface area contributed by atoms with Crippen molar-refractivity contribution in [3.8, 4) is 0 Å². The Morgan fingerprint density at radius 3 is 0.742 bits per heavy atom. The molecule has 0 N–H and O–H groups in total. The second-order valence-electron chi connectivity index (χ2n) is 21.1. The third-order valence-corrected chi connectivity index (χ3v) is 13.8. The molecule has 0 saturated carbocycles. The van der Waals surface area contributed by atoms with Crippen molar-refractivity contribution in [2.45, 2.75) is 348 Å². The first-order valence-corrected chi connectivity index (χ1v) is 29.9. The number of unbranched alkanes of at least 4 members (excludes halogenated alkanes) is 42. The van der Waals surface area contributed by atoms with E-state index >= 15 is 0 Å². The van der Waals surface area contributed by atoms with Gasteiger partial charge in [0.1, 0.15) is 13.2 Å². The topological polar surface area (TPSA) is 78.9 Å². The van der Waals surface area contributed by atoms with Gasteiger partial charge in [0.15, 0.2) is 6.10 Å². The molecule has 0 amide bonds. The normalized spacial score (nSPS) is 12.0. The van der Waals surface area contributed by atoms with Crippen LogP contribution < -0.4 is 0 Å². The summed E-state index contributed by atoms with van der Waals surface area (Å²) in [6.45, 7) is 9.07. The molecule has 392 valence electrons. The van der Waals surface area contributed by atoms with Crippen LogP contribution in [0.5, 0.6) is 0 Å². The summed E-state index contributed by atoms with van der Waals surface area (Å²) >= 11 is 0. The van der Waals surface area contributed by atoms with Crippen molar-refractivity contribution in [1.29, 1.82) is 0 Å². The van der Waals surface area contributed by atoms with Crippen molar-refractivity contribution in [1.82, 2.24) is 0 Å². The first-order valence-electron chi connectivity index (χ1n) is 29.9. The highest BCUT2D eigenvalue weighted by Gasteiger charge is 2.19. The summed E-state index contributed by atoms with van der Waals surface area (Å²) in [6, 6.07) is 0. The maximum atomic E-state index is 12.8. The highest BCUT2D eigenvalue weighted by atomic mass is 16.6. The highest BCUT2D eigenvalue weighted by molar-refractivity contribution is 5.71.